The van der Waals surface area contributed by atoms with Crippen LogP contribution in [-0.4, -0.2) is 41.0 Å². The lowest BCUT2D eigenvalue weighted by molar-refractivity contribution is -0.116. The van der Waals surface area contributed by atoms with Crippen LogP contribution < -0.4 is 5.32 Å². The Morgan fingerprint density at radius 3 is 2.74 bits per heavy atom. The molecule has 1 aromatic carbocycles. The van der Waals surface area contributed by atoms with Gasteiger partial charge < -0.3 is 10.3 Å². The lowest BCUT2D eigenvalue weighted by atomic mass is 10.0. The zero-order chi connectivity index (χ0) is 27.1. The molecule has 0 saturated carbocycles. The maximum absolute atomic E-state index is 14.1. The Morgan fingerprint density at radius 2 is 1.92 bits per heavy atom. The van der Waals surface area contributed by atoms with E-state index in [0.29, 0.717) is 46.0 Å². The van der Waals surface area contributed by atoms with Crippen molar-refractivity contribution in [3.63, 3.8) is 0 Å². The number of pyridine rings is 3. The minimum Gasteiger partial charge on any atom is -0.335 e. The van der Waals surface area contributed by atoms with Crippen molar-refractivity contribution < 1.29 is 9.18 Å². The number of aryl methyl sites for hydroxylation is 1. The van der Waals surface area contributed by atoms with Crippen molar-refractivity contribution in [2.24, 2.45) is 5.92 Å². The van der Waals surface area contributed by atoms with E-state index in [1.54, 1.807) is 18.6 Å². The van der Waals surface area contributed by atoms with Gasteiger partial charge in [-0.2, -0.15) is 5.10 Å². The molecule has 0 spiro atoms. The minimum absolute atomic E-state index is 0.0595. The Balaban J connectivity index is 1.39. The fourth-order valence-corrected chi connectivity index (χ4v) is 4.61. The number of imidazole rings is 1. The van der Waals surface area contributed by atoms with Crippen LogP contribution >= 0.6 is 0 Å². The molecule has 0 aliphatic carbocycles. The molecule has 9 nitrogen and oxygen atoms in total. The summed E-state index contributed by atoms with van der Waals surface area (Å²) in [5.41, 5.74) is 7.42. The Labute approximate surface area is 223 Å². The van der Waals surface area contributed by atoms with E-state index in [0.717, 1.165) is 27.8 Å². The number of fused-ring (bicyclic) bond motifs is 2. The van der Waals surface area contributed by atoms with E-state index in [9.17, 15) is 9.18 Å². The second-order valence-corrected chi connectivity index (χ2v) is 9.93. The first-order valence-electron chi connectivity index (χ1n) is 12.6. The second kappa shape index (κ2) is 9.71. The molecule has 0 aliphatic heterocycles. The van der Waals surface area contributed by atoms with Gasteiger partial charge in [0.25, 0.3) is 0 Å². The number of halogens is 1. The molecule has 0 bridgehead atoms. The van der Waals surface area contributed by atoms with Crippen LogP contribution in [0.3, 0.4) is 0 Å². The number of hydrogen-bond donors (Lipinski definition) is 3. The van der Waals surface area contributed by atoms with Crippen LogP contribution in [0.15, 0.2) is 61.1 Å². The van der Waals surface area contributed by atoms with Crippen LogP contribution in [0.1, 0.15) is 25.8 Å². The number of carbonyl (C=O) groups excluding carboxylic acids is 1. The lowest BCUT2D eigenvalue weighted by Crippen LogP contribution is -2.14. The molecule has 39 heavy (non-hydrogen) atoms. The van der Waals surface area contributed by atoms with Gasteiger partial charge in [0.15, 0.2) is 17.2 Å². The molecular formula is C29H25FN8O. The van der Waals surface area contributed by atoms with Gasteiger partial charge in [-0.05, 0) is 60.4 Å². The standard InChI is InChI=1S/C29H25FN8O/c1-15(2)8-24(39)33-20-12-18(13-31-14-20)22-4-5-23-26(34-22)27(38-37-23)29-35-25-21(6-7-32-28(25)36-29)17-9-16(3)10-19(30)11-17/h4-7,9-15H,8H2,1-3H3,(H,33,39)(H,37,38)(H,32,35,36). The number of amides is 1. The molecule has 0 radical (unpaired) electrons. The molecular weight excluding hydrogens is 495 g/mol. The van der Waals surface area contributed by atoms with E-state index in [1.807, 2.05) is 51.1 Å². The number of H-pyrrole nitrogens is 2. The number of aromatic amines is 2. The highest BCUT2D eigenvalue weighted by Crippen LogP contribution is 2.32. The molecule has 6 rings (SSSR count). The van der Waals surface area contributed by atoms with Crippen molar-refractivity contribution >= 4 is 33.8 Å². The normalized spacial score (nSPS) is 11.5. The summed E-state index contributed by atoms with van der Waals surface area (Å²) in [5, 5.41) is 10.4. The number of benzene rings is 1. The maximum Gasteiger partial charge on any atom is 0.224 e. The number of hydrogen-bond acceptors (Lipinski definition) is 6. The van der Waals surface area contributed by atoms with Gasteiger partial charge in [0.05, 0.1) is 28.6 Å². The highest BCUT2D eigenvalue weighted by atomic mass is 19.1. The van der Waals surface area contributed by atoms with Gasteiger partial charge in [0.1, 0.15) is 11.3 Å². The first kappa shape index (κ1) is 24.4. The van der Waals surface area contributed by atoms with E-state index in [4.69, 9.17) is 4.98 Å². The number of rotatable bonds is 6. The SMILES string of the molecule is Cc1cc(F)cc(-c2ccnc3nc(-c4n[nH]c5ccc(-c6cncc(NC(=O)CC(C)C)c6)nc45)[nH]c23)c1. The van der Waals surface area contributed by atoms with Crippen molar-refractivity contribution in [2.45, 2.75) is 27.2 Å². The van der Waals surface area contributed by atoms with Crippen molar-refractivity contribution in [3.8, 4) is 33.9 Å². The summed E-state index contributed by atoms with van der Waals surface area (Å²) in [4.78, 5) is 33.8. The van der Waals surface area contributed by atoms with Crippen molar-refractivity contribution in [3.05, 3.63) is 72.4 Å². The summed E-state index contributed by atoms with van der Waals surface area (Å²) in [6.45, 7) is 5.85. The summed E-state index contributed by atoms with van der Waals surface area (Å²) in [6, 6.07) is 12.3. The molecule has 0 aliphatic rings. The largest absolute Gasteiger partial charge is 0.335 e. The van der Waals surface area contributed by atoms with Gasteiger partial charge >= 0.3 is 0 Å². The molecule has 0 fully saturated rings. The number of carbonyl (C=O) groups is 1. The molecule has 0 unspecified atom stereocenters. The third-order valence-electron chi connectivity index (χ3n) is 6.29. The molecule has 10 heteroatoms. The zero-order valence-corrected chi connectivity index (χ0v) is 21.6. The van der Waals surface area contributed by atoms with Gasteiger partial charge in [0, 0.05) is 29.9 Å². The van der Waals surface area contributed by atoms with E-state index in [2.05, 4.69) is 35.5 Å². The van der Waals surface area contributed by atoms with E-state index < -0.39 is 0 Å². The van der Waals surface area contributed by atoms with Crippen LogP contribution in [0, 0.1) is 18.7 Å². The second-order valence-electron chi connectivity index (χ2n) is 9.93. The van der Waals surface area contributed by atoms with E-state index >= 15 is 0 Å². The van der Waals surface area contributed by atoms with Crippen LogP contribution in [-0.2, 0) is 4.79 Å². The fourth-order valence-electron chi connectivity index (χ4n) is 4.61. The van der Waals surface area contributed by atoms with Crippen molar-refractivity contribution in [1.29, 1.82) is 0 Å². The summed E-state index contributed by atoms with van der Waals surface area (Å²) in [5.74, 6) is 0.382. The smallest absolute Gasteiger partial charge is 0.224 e. The quantitative estimate of drug-likeness (QED) is 0.245. The third kappa shape index (κ3) is 4.84. The van der Waals surface area contributed by atoms with Gasteiger partial charge in [0.2, 0.25) is 5.91 Å². The summed E-state index contributed by atoms with van der Waals surface area (Å²) < 4.78 is 14.1. The molecule has 194 valence electrons. The third-order valence-corrected chi connectivity index (χ3v) is 6.29. The zero-order valence-electron chi connectivity index (χ0n) is 21.6. The molecule has 5 heterocycles. The van der Waals surface area contributed by atoms with Gasteiger partial charge in [-0.3, -0.25) is 14.9 Å². The van der Waals surface area contributed by atoms with E-state index in [-0.39, 0.29) is 17.6 Å². The number of aromatic nitrogens is 7. The number of anilines is 1. The molecule has 0 saturated heterocycles. The number of nitrogens with zero attached hydrogens (tertiary/aromatic N) is 5. The molecule has 3 N–H and O–H groups in total. The number of nitrogens with one attached hydrogen (secondary N) is 3. The highest BCUT2D eigenvalue weighted by molar-refractivity contribution is 5.95. The van der Waals surface area contributed by atoms with Crippen LogP contribution in [0.2, 0.25) is 0 Å². The minimum atomic E-state index is -0.303. The Hall–Kier alpha value is -4.99. The molecule has 6 aromatic rings. The molecule has 1 amide bonds. The average Bonchev–Trinajstić information content (AvgIpc) is 3.51. The first-order valence-corrected chi connectivity index (χ1v) is 12.6. The van der Waals surface area contributed by atoms with Gasteiger partial charge in [-0.25, -0.2) is 19.3 Å². The van der Waals surface area contributed by atoms with Crippen molar-refractivity contribution in [1.82, 2.24) is 35.1 Å². The lowest BCUT2D eigenvalue weighted by Gasteiger charge is -2.08. The van der Waals surface area contributed by atoms with E-state index in [1.165, 1.54) is 12.1 Å². The Bertz CT molecular complexity index is 1840. The van der Waals surface area contributed by atoms with Crippen LogP contribution in [0.25, 0.3) is 56.1 Å². The average molecular weight is 521 g/mol. The summed E-state index contributed by atoms with van der Waals surface area (Å²) in [7, 11) is 0. The van der Waals surface area contributed by atoms with Crippen LogP contribution in [0.5, 0.6) is 0 Å². The predicted octanol–water partition coefficient (Wildman–Crippen LogP) is 6.06. The molecule has 0 atom stereocenters. The topological polar surface area (TPSA) is 125 Å². The monoisotopic (exact) mass is 520 g/mol. The Morgan fingerprint density at radius 1 is 1.05 bits per heavy atom. The van der Waals surface area contributed by atoms with Gasteiger partial charge in [-0.1, -0.05) is 19.9 Å². The van der Waals surface area contributed by atoms with Gasteiger partial charge in [-0.15, -0.1) is 0 Å². The first-order chi connectivity index (χ1) is 18.8. The summed E-state index contributed by atoms with van der Waals surface area (Å²) >= 11 is 0. The maximum atomic E-state index is 14.1. The van der Waals surface area contributed by atoms with Crippen molar-refractivity contribution in [2.75, 3.05) is 5.32 Å². The fraction of sp³-hybridized carbons (Fsp3) is 0.172. The summed E-state index contributed by atoms with van der Waals surface area (Å²) in [6.07, 6.45) is 5.40. The molecule has 5 aromatic heterocycles. The predicted molar refractivity (Wildman–Crippen MR) is 148 cm³/mol. The van der Waals surface area contributed by atoms with Crippen LogP contribution in [0.4, 0.5) is 10.1 Å². The highest BCUT2D eigenvalue weighted by Gasteiger charge is 2.18. The Kier molecular flexibility index (Phi) is 6.07.